The fraction of sp³-hybridized carbons (Fsp3) is 0.812. The Labute approximate surface area is 127 Å². The van der Waals surface area contributed by atoms with E-state index < -0.39 is 0 Å². The molecular weight excluding hydrogens is 266 g/mol. The molecule has 2 aliphatic rings. The first-order chi connectivity index (χ1) is 9.71. The van der Waals surface area contributed by atoms with E-state index in [1.807, 2.05) is 6.20 Å². The summed E-state index contributed by atoms with van der Waals surface area (Å²) in [6, 6.07) is 0.753. The summed E-state index contributed by atoms with van der Waals surface area (Å²) >= 11 is 1.79. The fourth-order valence-electron chi connectivity index (χ4n) is 3.90. The second-order valence-corrected chi connectivity index (χ2v) is 7.70. The van der Waals surface area contributed by atoms with E-state index in [4.69, 9.17) is 0 Å². The molecule has 1 aromatic heterocycles. The topological polar surface area (TPSA) is 19.4 Å². The van der Waals surface area contributed by atoms with Crippen molar-refractivity contribution in [3.8, 4) is 0 Å². The summed E-state index contributed by atoms with van der Waals surface area (Å²) in [5.74, 6) is 0. The first kappa shape index (κ1) is 14.5. The largest absolute Gasteiger partial charge is 0.300 e. The highest BCUT2D eigenvalue weighted by atomic mass is 32.1. The van der Waals surface area contributed by atoms with E-state index in [1.54, 1.807) is 11.3 Å². The molecule has 0 N–H and O–H groups in total. The predicted octanol–water partition coefficient (Wildman–Crippen LogP) is 3.23. The molecule has 2 atom stereocenters. The van der Waals surface area contributed by atoms with Crippen molar-refractivity contribution in [1.29, 1.82) is 0 Å². The van der Waals surface area contributed by atoms with Crippen molar-refractivity contribution >= 4 is 11.3 Å². The Hall–Kier alpha value is -0.450. The van der Waals surface area contributed by atoms with Gasteiger partial charge in [-0.1, -0.05) is 6.92 Å². The minimum atomic E-state index is 0.568. The summed E-state index contributed by atoms with van der Waals surface area (Å²) in [6.45, 7) is 10.9. The van der Waals surface area contributed by atoms with Crippen LogP contribution in [0.15, 0.2) is 11.6 Å². The zero-order valence-corrected chi connectivity index (χ0v) is 13.7. The molecule has 3 nitrogen and oxygen atoms in total. The average Bonchev–Trinajstić information content (AvgIpc) is 3.09. The van der Waals surface area contributed by atoms with E-state index >= 15 is 0 Å². The molecule has 1 spiro atoms. The molecule has 1 aromatic rings. The van der Waals surface area contributed by atoms with Crippen LogP contribution >= 0.6 is 11.3 Å². The summed E-state index contributed by atoms with van der Waals surface area (Å²) in [6.07, 6.45) is 7.39. The van der Waals surface area contributed by atoms with Crippen molar-refractivity contribution in [2.75, 3.05) is 26.2 Å². The van der Waals surface area contributed by atoms with Crippen LogP contribution in [0.5, 0.6) is 0 Å². The molecule has 0 aliphatic carbocycles. The van der Waals surface area contributed by atoms with Gasteiger partial charge in [-0.25, -0.2) is 4.98 Å². The summed E-state index contributed by atoms with van der Waals surface area (Å²) in [5.41, 5.74) is 0.568. The predicted molar refractivity (Wildman–Crippen MR) is 85.0 cm³/mol. The Morgan fingerprint density at radius 2 is 2.25 bits per heavy atom. The maximum atomic E-state index is 4.45. The third kappa shape index (κ3) is 3.07. The van der Waals surface area contributed by atoms with Gasteiger partial charge in [0, 0.05) is 30.7 Å². The zero-order chi connectivity index (χ0) is 14.0. The van der Waals surface area contributed by atoms with Crippen LogP contribution in [0.1, 0.15) is 44.5 Å². The number of piperidine rings is 1. The molecule has 0 aromatic carbocycles. The molecule has 2 aliphatic heterocycles. The maximum absolute atomic E-state index is 4.45. The molecule has 20 heavy (non-hydrogen) atoms. The van der Waals surface area contributed by atoms with Gasteiger partial charge in [0.2, 0.25) is 0 Å². The first-order valence-electron chi connectivity index (χ1n) is 8.05. The number of rotatable bonds is 4. The van der Waals surface area contributed by atoms with Gasteiger partial charge in [-0.3, -0.25) is 4.90 Å². The lowest BCUT2D eigenvalue weighted by Gasteiger charge is -2.40. The zero-order valence-electron chi connectivity index (χ0n) is 12.8. The number of hydrogen-bond acceptors (Lipinski definition) is 4. The number of hydrogen-bond donors (Lipinski definition) is 0. The molecule has 2 saturated heterocycles. The molecule has 0 saturated carbocycles. The highest BCUT2D eigenvalue weighted by Gasteiger charge is 2.42. The van der Waals surface area contributed by atoms with Crippen LogP contribution in [0.3, 0.4) is 0 Å². The SMILES string of the molecule is CC[C@H](C)N1CC[C@@]2(CCCN(Cc3nccs3)C2)C1. The standard InChI is InChI=1S/C16H27N3S/c1-3-14(2)19-9-6-16(13-19)5-4-8-18(12-16)11-15-17-7-10-20-15/h7,10,14H,3-6,8-9,11-13H2,1-2H3/t14-,16+/m0/s1. The number of likely N-dealkylation sites (tertiary alicyclic amines) is 2. The van der Waals surface area contributed by atoms with E-state index in [9.17, 15) is 0 Å². The molecule has 3 rings (SSSR count). The Balaban J connectivity index is 1.60. The van der Waals surface area contributed by atoms with Gasteiger partial charge in [0.1, 0.15) is 5.01 Å². The second kappa shape index (κ2) is 6.12. The maximum Gasteiger partial charge on any atom is 0.107 e. The van der Waals surface area contributed by atoms with Crippen molar-refractivity contribution in [3.63, 3.8) is 0 Å². The average molecular weight is 293 g/mol. The summed E-state index contributed by atoms with van der Waals surface area (Å²) in [4.78, 5) is 9.80. The van der Waals surface area contributed by atoms with Gasteiger partial charge < -0.3 is 4.90 Å². The van der Waals surface area contributed by atoms with Gasteiger partial charge in [0.05, 0.1) is 6.54 Å². The van der Waals surface area contributed by atoms with E-state index in [2.05, 4.69) is 34.0 Å². The van der Waals surface area contributed by atoms with E-state index in [-0.39, 0.29) is 0 Å². The number of nitrogens with zero attached hydrogens (tertiary/aromatic N) is 3. The molecule has 0 radical (unpaired) electrons. The van der Waals surface area contributed by atoms with Crippen LogP contribution in [-0.4, -0.2) is 47.0 Å². The van der Waals surface area contributed by atoms with Gasteiger partial charge in [-0.2, -0.15) is 0 Å². The van der Waals surface area contributed by atoms with Crippen molar-refractivity contribution in [3.05, 3.63) is 16.6 Å². The van der Waals surface area contributed by atoms with Crippen LogP contribution in [0.4, 0.5) is 0 Å². The van der Waals surface area contributed by atoms with Crippen molar-refractivity contribution in [2.45, 2.75) is 52.1 Å². The Morgan fingerprint density at radius 1 is 1.35 bits per heavy atom. The molecule has 0 amide bonds. The molecule has 3 heterocycles. The van der Waals surface area contributed by atoms with Crippen LogP contribution in [-0.2, 0) is 6.54 Å². The van der Waals surface area contributed by atoms with Crippen molar-refractivity contribution in [2.24, 2.45) is 5.41 Å². The Morgan fingerprint density at radius 3 is 3.00 bits per heavy atom. The number of aromatic nitrogens is 1. The lowest BCUT2D eigenvalue weighted by atomic mass is 9.79. The monoisotopic (exact) mass is 293 g/mol. The molecule has 112 valence electrons. The third-order valence-electron chi connectivity index (χ3n) is 5.26. The van der Waals surface area contributed by atoms with Crippen LogP contribution < -0.4 is 0 Å². The highest BCUT2D eigenvalue weighted by molar-refractivity contribution is 7.09. The Bertz CT molecular complexity index is 419. The summed E-state index contributed by atoms with van der Waals surface area (Å²) < 4.78 is 0. The first-order valence-corrected chi connectivity index (χ1v) is 8.93. The van der Waals surface area contributed by atoms with Crippen molar-refractivity contribution in [1.82, 2.24) is 14.8 Å². The molecule has 0 unspecified atom stereocenters. The van der Waals surface area contributed by atoms with E-state index in [0.29, 0.717) is 5.41 Å². The second-order valence-electron chi connectivity index (χ2n) is 6.72. The fourth-order valence-corrected chi connectivity index (χ4v) is 4.56. The number of thiazole rings is 1. The normalized spacial score (nSPS) is 30.1. The van der Waals surface area contributed by atoms with Gasteiger partial charge >= 0.3 is 0 Å². The minimum Gasteiger partial charge on any atom is -0.300 e. The molecular formula is C16H27N3S. The lowest BCUT2D eigenvalue weighted by Crippen LogP contribution is -2.45. The third-order valence-corrected chi connectivity index (χ3v) is 6.03. The quantitative estimate of drug-likeness (QED) is 0.849. The molecule has 2 fully saturated rings. The van der Waals surface area contributed by atoms with E-state index in [0.717, 1.165) is 12.6 Å². The van der Waals surface area contributed by atoms with Crippen LogP contribution in [0.25, 0.3) is 0 Å². The van der Waals surface area contributed by atoms with Crippen LogP contribution in [0, 0.1) is 5.41 Å². The summed E-state index contributed by atoms with van der Waals surface area (Å²) in [5, 5.41) is 3.37. The molecule has 0 bridgehead atoms. The molecule has 4 heteroatoms. The Kier molecular flexibility index (Phi) is 4.43. The van der Waals surface area contributed by atoms with Crippen molar-refractivity contribution < 1.29 is 0 Å². The van der Waals surface area contributed by atoms with E-state index in [1.165, 1.54) is 56.9 Å². The summed E-state index contributed by atoms with van der Waals surface area (Å²) in [7, 11) is 0. The smallest absolute Gasteiger partial charge is 0.107 e. The van der Waals surface area contributed by atoms with Gasteiger partial charge in [0.25, 0.3) is 0 Å². The lowest BCUT2D eigenvalue weighted by molar-refractivity contribution is 0.0823. The highest BCUT2D eigenvalue weighted by Crippen LogP contribution is 2.40. The van der Waals surface area contributed by atoms with Gasteiger partial charge in [-0.05, 0) is 51.1 Å². The minimum absolute atomic E-state index is 0.568. The van der Waals surface area contributed by atoms with Crippen LogP contribution in [0.2, 0.25) is 0 Å². The van der Waals surface area contributed by atoms with Gasteiger partial charge in [-0.15, -0.1) is 11.3 Å². The van der Waals surface area contributed by atoms with Gasteiger partial charge in [0.15, 0.2) is 0 Å².